The second-order valence-corrected chi connectivity index (χ2v) is 1.74. The third-order valence-electron chi connectivity index (χ3n) is 1.09. The normalized spacial score (nSPS) is 9.30. The van der Waals surface area contributed by atoms with Gasteiger partial charge in [-0.15, -0.1) is 0 Å². The smallest absolute Gasteiger partial charge is 0.152 e. The zero-order valence-corrected chi connectivity index (χ0v) is 5.04. The number of carbonyl (C=O) groups excluding carboxylic acids is 1. The molecule has 0 atom stereocenters. The number of carbonyl (C=O) groups is 1. The van der Waals surface area contributed by atoms with Crippen LogP contribution in [0.25, 0.3) is 0 Å². The number of nitrogens with zero attached hydrogens (tertiary/aromatic N) is 1. The topological polar surface area (TPSA) is 30.0 Å². The number of aromatic nitrogens is 1. The van der Waals surface area contributed by atoms with Crippen molar-refractivity contribution in [2.75, 3.05) is 0 Å². The highest BCUT2D eigenvalue weighted by Crippen LogP contribution is 1.96. The van der Waals surface area contributed by atoms with Crippen LogP contribution < -0.4 is 5.46 Å². The predicted octanol–water partition coefficient (Wildman–Crippen LogP) is -0.173. The molecule has 0 aromatic carbocycles. The van der Waals surface area contributed by atoms with E-state index < -0.39 is 5.82 Å². The third kappa shape index (κ3) is 1.05. The largest absolute Gasteiger partial charge is 0.298 e. The summed E-state index contributed by atoms with van der Waals surface area (Å²) in [5.41, 5.74) is -0.0648. The van der Waals surface area contributed by atoms with Gasteiger partial charge in [0.2, 0.25) is 0 Å². The van der Waals surface area contributed by atoms with Crippen LogP contribution in [0.3, 0.4) is 0 Å². The van der Waals surface area contributed by atoms with Gasteiger partial charge in [0.05, 0.1) is 6.20 Å². The van der Waals surface area contributed by atoms with Gasteiger partial charge in [0.15, 0.2) is 12.1 Å². The van der Waals surface area contributed by atoms with E-state index in [1.54, 1.807) is 0 Å². The van der Waals surface area contributed by atoms with Crippen LogP contribution >= 0.6 is 0 Å². The zero-order chi connectivity index (χ0) is 7.56. The Morgan fingerprint density at radius 3 is 2.70 bits per heavy atom. The van der Waals surface area contributed by atoms with Crippen molar-refractivity contribution in [1.82, 2.24) is 4.98 Å². The monoisotopic (exact) mass is 135 g/mol. The summed E-state index contributed by atoms with van der Waals surface area (Å²) < 4.78 is 12.5. The maximum atomic E-state index is 12.5. The Labute approximate surface area is 58.5 Å². The van der Waals surface area contributed by atoms with Gasteiger partial charge in [-0.25, -0.2) is 4.39 Å². The average Bonchev–Trinajstić information content (AvgIpc) is 1.88. The second-order valence-electron chi connectivity index (χ2n) is 1.74. The maximum absolute atomic E-state index is 12.5. The van der Waals surface area contributed by atoms with Gasteiger partial charge in [-0.3, -0.25) is 9.78 Å². The molecule has 1 rings (SSSR count). The van der Waals surface area contributed by atoms with Crippen molar-refractivity contribution in [2.45, 2.75) is 0 Å². The van der Waals surface area contributed by atoms with Gasteiger partial charge < -0.3 is 0 Å². The zero-order valence-electron chi connectivity index (χ0n) is 5.04. The van der Waals surface area contributed by atoms with Crippen LogP contribution in [0.2, 0.25) is 0 Å². The molecule has 0 aliphatic heterocycles. The van der Waals surface area contributed by atoms with E-state index in [4.69, 9.17) is 7.85 Å². The third-order valence-corrected chi connectivity index (χ3v) is 1.09. The predicted molar refractivity (Wildman–Crippen MR) is 35.0 cm³/mol. The fraction of sp³-hybridized carbons (Fsp3) is 0. The first-order valence-electron chi connectivity index (χ1n) is 2.60. The molecule has 0 amide bonds. The van der Waals surface area contributed by atoms with E-state index in [-0.39, 0.29) is 11.0 Å². The number of aldehydes is 1. The van der Waals surface area contributed by atoms with Gasteiger partial charge in [0, 0.05) is 11.8 Å². The maximum Gasteiger partial charge on any atom is 0.152 e. The molecule has 2 radical (unpaired) electrons. The van der Waals surface area contributed by atoms with E-state index in [1.165, 1.54) is 6.20 Å². The van der Waals surface area contributed by atoms with Crippen LogP contribution in [0, 0.1) is 5.82 Å². The summed E-state index contributed by atoms with van der Waals surface area (Å²) in [5, 5.41) is 0. The van der Waals surface area contributed by atoms with Crippen molar-refractivity contribution >= 4 is 19.6 Å². The number of hydrogen-bond acceptors (Lipinski definition) is 2. The Bertz CT molecular complexity index is 244. The second kappa shape index (κ2) is 2.60. The molecule has 1 aromatic heterocycles. The van der Waals surface area contributed by atoms with Crippen LogP contribution in [0.4, 0.5) is 4.39 Å². The molecule has 1 aromatic rings. The molecule has 0 saturated heterocycles. The quantitative estimate of drug-likeness (QED) is 0.395. The van der Waals surface area contributed by atoms with E-state index in [0.717, 1.165) is 6.20 Å². The molecule has 0 aliphatic rings. The molecule has 0 aliphatic carbocycles. The number of rotatable bonds is 1. The average molecular weight is 135 g/mol. The van der Waals surface area contributed by atoms with Crippen LogP contribution in [-0.4, -0.2) is 19.1 Å². The Morgan fingerprint density at radius 2 is 2.30 bits per heavy atom. The lowest BCUT2D eigenvalue weighted by atomic mass is 9.93. The lowest BCUT2D eigenvalue weighted by Crippen LogP contribution is -2.12. The molecule has 0 fully saturated rings. The van der Waals surface area contributed by atoms with Gasteiger partial charge in [0.25, 0.3) is 0 Å². The van der Waals surface area contributed by atoms with E-state index >= 15 is 0 Å². The van der Waals surface area contributed by atoms with Gasteiger partial charge in [-0.05, 0) is 0 Å². The number of hydrogen-bond donors (Lipinski definition) is 0. The van der Waals surface area contributed by atoms with Crippen molar-refractivity contribution in [3.8, 4) is 0 Å². The number of pyridine rings is 1. The van der Waals surface area contributed by atoms with Gasteiger partial charge in [-0.1, -0.05) is 5.46 Å². The van der Waals surface area contributed by atoms with Crippen molar-refractivity contribution in [2.24, 2.45) is 0 Å². The molecule has 0 N–H and O–H groups in total. The molecule has 1 heterocycles. The standard InChI is InChI=1S/C6H3BFNO/c7-5-1-9-2-6(8)4(5)3-10/h1-3H. The van der Waals surface area contributed by atoms with E-state index in [2.05, 4.69) is 4.98 Å². The summed E-state index contributed by atoms with van der Waals surface area (Å²) in [7, 11) is 5.20. The minimum atomic E-state index is -0.685. The van der Waals surface area contributed by atoms with Crippen LogP contribution in [0.5, 0.6) is 0 Å². The SMILES string of the molecule is [B]c1cncc(F)c1C=O. The van der Waals surface area contributed by atoms with Gasteiger partial charge >= 0.3 is 0 Å². The summed E-state index contributed by atoms with van der Waals surface area (Å²) in [6, 6.07) is 0. The highest BCUT2D eigenvalue weighted by Gasteiger charge is 2.01. The highest BCUT2D eigenvalue weighted by atomic mass is 19.1. The van der Waals surface area contributed by atoms with Crippen molar-refractivity contribution in [3.05, 3.63) is 23.8 Å². The summed E-state index contributed by atoms with van der Waals surface area (Å²) in [6.45, 7) is 0. The van der Waals surface area contributed by atoms with Crippen molar-refractivity contribution in [1.29, 1.82) is 0 Å². The van der Waals surface area contributed by atoms with Crippen LogP contribution in [0.15, 0.2) is 12.4 Å². The first-order chi connectivity index (χ1) is 4.75. The lowest BCUT2D eigenvalue weighted by Gasteiger charge is -1.96. The van der Waals surface area contributed by atoms with Gasteiger partial charge in [-0.2, -0.15) is 0 Å². The van der Waals surface area contributed by atoms with Crippen molar-refractivity contribution < 1.29 is 9.18 Å². The highest BCUT2D eigenvalue weighted by molar-refractivity contribution is 6.35. The minimum absolute atomic E-state index is 0.0648. The molecular formula is C6H3BFNO. The molecule has 48 valence electrons. The number of halogens is 1. The molecule has 4 heteroatoms. The molecule has 10 heavy (non-hydrogen) atoms. The first kappa shape index (κ1) is 6.93. The van der Waals surface area contributed by atoms with E-state index in [1.807, 2.05) is 0 Å². The molecule has 2 nitrogen and oxygen atoms in total. The van der Waals surface area contributed by atoms with E-state index in [9.17, 15) is 9.18 Å². The summed E-state index contributed by atoms with van der Waals surface area (Å²) in [6.07, 6.45) is 2.54. The Kier molecular flexibility index (Phi) is 1.80. The first-order valence-corrected chi connectivity index (χ1v) is 2.60. The van der Waals surface area contributed by atoms with Crippen LogP contribution in [0.1, 0.15) is 10.4 Å². The minimum Gasteiger partial charge on any atom is -0.298 e. The van der Waals surface area contributed by atoms with Gasteiger partial charge in [0.1, 0.15) is 7.85 Å². The summed E-state index contributed by atoms with van der Waals surface area (Å²) in [5.74, 6) is -0.685. The Morgan fingerprint density at radius 1 is 1.60 bits per heavy atom. The van der Waals surface area contributed by atoms with Crippen LogP contribution in [-0.2, 0) is 0 Å². The summed E-state index contributed by atoms with van der Waals surface area (Å²) in [4.78, 5) is 13.5. The fourth-order valence-electron chi connectivity index (χ4n) is 0.584. The fourth-order valence-corrected chi connectivity index (χ4v) is 0.584. The molecule has 0 bridgehead atoms. The summed E-state index contributed by atoms with van der Waals surface area (Å²) >= 11 is 0. The Hall–Kier alpha value is -1.19. The molecule has 0 unspecified atom stereocenters. The van der Waals surface area contributed by atoms with Crippen molar-refractivity contribution in [3.63, 3.8) is 0 Å². The molecule has 0 saturated carbocycles. The lowest BCUT2D eigenvalue weighted by molar-refractivity contribution is 0.112. The van der Waals surface area contributed by atoms with E-state index in [0.29, 0.717) is 6.29 Å². The molecular weight excluding hydrogens is 132 g/mol. The Balaban J connectivity index is 3.30. The molecule has 0 spiro atoms.